The van der Waals surface area contributed by atoms with E-state index in [0.29, 0.717) is 25.0 Å². The molecule has 0 aliphatic carbocycles. The van der Waals surface area contributed by atoms with Gasteiger partial charge in [0.05, 0.1) is 0 Å². The molecule has 7 heteroatoms. The van der Waals surface area contributed by atoms with Crippen molar-refractivity contribution in [3.63, 3.8) is 0 Å². The van der Waals surface area contributed by atoms with Crippen LogP contribution in [-0.4, -0.2) is 58.9 Å². The van der Waals surface area contributed by atoms with E-state index in [2.05, 4.69) is 35.9 Å². The number of likely N-dealkylation sites (tertiary alicyclic amines) is 1. The van der Waals surface area contributed by atoms with Crippen molar-refractivity contribution in [1.82, 2.24) is 19.8 Å². The molecule has 116 valence electrons. The van der Waals surface area contributed by atoms with Gasteiger partial charge in [-0.25, -0.2) is 4.79 Å². The first kappa shape index (κ1) is 15.5. The van der Waals surface area contributed by atoms with E-state index in [0.717, 1.165) is 12.8 Å². The molecule has 1 aliphatic heterocycles. The first-order valence-corrected chi connectivity index (χ1v) is 7.18. The van der Waals surface area contributed by atoms with Gasteiger partial charge in [-0.05, 0) is 39.8 Å². The average Bonchev–Trinajstić information content (AvgIpc) is 2.46. The van der Waals surface area contributed by atoms with Gasteiger partial charge in [-0.15, -0.1) is 0 Å². The summed E-state index contributed by atoms with van der Waals surface area (Å²) in [6, 6.07) is 0.471. The van der Waals surface area contributed by atoms with Gasteiger partial charge in [-0.3, -0.25) is 14.6 Å². The fourth-order valence-electron chi connectivity index (χ4n) is 2.75. The zero-order chi connectivity index (χ0) is 15.6. The number of aromatic amines is 2. The number of amides is 1. The summed E-state index contributed by atoms with van der Waals surface area (Å²) < 4.78 is 0. The molecule has 1 unspecified atom stereocenters. The van der Waals surface area contributed by atoms with Crippen molar-refractivity contribution in [3.05, 3.63) is 32.6 Å². The number of carbonyl (C=O) groups is 1. The van der Waals surface area contributed by atoms with Crippen molar-refractivity contribution < 1.29 is 4.79 Å². The standard InChI is InChI=1S/C14H22N4O3/c1-9(17(2)3)10-4-6-18(7-5-10)13(20)11-8-15-14(21)16-12(11)19/h8-10H,4-7H2,1-3H3,(H2,15,16,19,21). The Morgan fingerprint density at radius 1 is 1.33 bits per heavy atom. The summed E-state index contributed by atoms with van der Waals surface area (Å²) in [4.78, 5) is 43.2. The number of rotatable bonds is 3. The summed E-state index contributed by atoms with van der Waals surface area (Å²) in [7, 11) is 4.12. The fraction of sp³-hybridized carbons (Fsp3) is 0.643. The van der Waals surface area contributed by atoms with Crippen molar-refractivity contribution in [3.8, 4) is 0 Å². The molecule has 1 saturated heterocycles. The zero-order valence-electron chi connectivity index (χ0n) is 12.7. The highest BCUT2D eigenvalue weighted by molar-refractivity contribution is 5.93. The molecule has 0 radical (unpaired) electrons. The van der Waals surface area contributed by atoms with Crippen LogP contribution < -0.4 is 11.2 Å². The molecule has 0 bridgehead atoms. The van der Waals surface area contributed by atoms with Gasteiger partial charge >= 0.3 is 5.69 Å². The van der Waals surface area contributed by atoms with E-state index in [1.807, 2.05) is 0 Å². The molecule has 2 heterocycles. The highest BCUT2D eigenvalue weighted by Crippen LogP contribution is 2.23. The van der Waals surface area contributed by atoms with Gasteiger partial charge in [0, 0.05) is 25.3 Å². The molecule has 1 aromatic heterocycles. The quantitative estimate of drug-likeness (QED) is 0.812. The SMILES string of the molecule is CC(C1CCN(C(=O)c2c[nH]c(=O)[nH]c2=O)CC1)N(C)C. The number of aromatic nitrogens is 2. The van der Waals surface area contributed by atoms with Gasteiger partial charge in [-0.2, -0.15) is 0 Å². The van der Waals surface area contributed by atoms with Crippen molar-refractivity contribution in [2.24, 2.45) is 5.92 Å². The molecule has 0 spiro atoms. The molecule has 1 aromatic rings. The Bertz CT molecular complexity index is 611. The van der Waals surface area contributed by atoms with Crippen LogP contribution in [0.3, 0.4) is 0 Å². The van der Waals surface area contributed by atoms with E-state index in [9.17, 15) is 14.4 Å². The van der Waals surface area contributed by atoms with Gasteiger partial charge in [0.25, 0.3) is 11.5 Å². The third kappa shape index (κ3) is 3.41. The Morgan fingerprint density at radius 3 is 2.48 bits per heavy atom. The minimum atomic E-state index is -0.632. The van der Waals surface area contributed by atoms with E-state index in [-0.39, 0.29) is 11.5 Å². The number of H-pyrrole nitrogens is 2. The molecular weight excluding hydrogens is 272 g/mol. The minimum Gasteiger partial charge on any atom is -0.338 e. The first-order chi connectivity index (χ1) is 9.90. The maximum absolute atomic E-state index is 12.3. The van der Waals surface area contributed by atoms with Crippen LogP contribution in [0.1, 0.15) is 30.1 Å². The summed E-state index contributed by atoms with van der Waals surface area (Å²) in [5.74, 6) is 0.237. The lowest BCUT2D eigenvalue weighted by atomic mass is 9.89. The number of carbonyl (C=O) groups excluding carboxylic acids is 1. The molecular formula is C14H22N4O3. The van der Waals surface area contributed by atoms with E-state index in [1.165, 1.54) is 6.20 Å². The Kier molecular flexibility index (Phi) is 4.62. The molecule has 1 aliphatic rings. The first-order valence-electron chi connectivity index (χ1n) is 7.18. The zero-order valence-corrected chi connectivity index (χ0v) is 12.7. The Morgan fingerprint density at radius 2 is 1.95 bits per heavy atom. The predicted octanol–water partition coefficient (Wildman–Crippen LogP) is -0.134. The summed E-state index contributed by atoms with van der Waals surface area (Å²) in [6.07, 6.45) is 3.04. The van der Waals surface area contributed by atoms with Crippen LogP contribution in [0.4, 0.5) is 0 Å². The Hall–Kier alpha value is -1.89. The van der Waals surface area contributed by atoms with E-state index < -0.39 is 11.2 Å². The van der Waals surface area contributed by atoms with Gasteiger partial charge in [0.2, 0.25) is 0 Å². The molecule has 7 nitrogen and oxygen atoms in total. The monoisotopic (exact) mass is 294 g/mol. The largest absolute Gasteiger partial charge is 0.338 e. The summed E-state index contributed by atoms with van der Waals surface area (Å²) in [5, 5.41) is 0. The molecule has 1 atom stereocenters. The topological polar surface area (TPSA) is 89.3 Å². The Labute approximate surface area is 123 Å². The number of hydrogen-bond acceptors (Lipinski definition) is 4. The van der Waals surface area contributed by atoms with Crippen molar-refractivity contribution in [1.29, 1.82) is 0 Å². The van der Waals surface area contributed by atoms with Crippen LogP contribution in [0.25, 0.3) is 0 Å². The Balaban J connectivity index is 2.03. The van der Waals surface area contributed by atoms with Crippen LogP contribution in [0, 0.1) is 5.92 Å². The maximum atomic E-state index is 12.3. The van der Waals surface area contributed by atoms with Crippen LogP contribution in [0.2, 0.25) is 0 Å². The highest BCUT2D eigenvalue weighted by Gasteiger charge is 2.28. The van der Waals surface area contributed by atoms with Crippen molar-refractivity contribution in [2.45, 2.75) is 25.8 Å². The van der Waals surface area contributed by atoms with Crippen molar-refractivity contribution >= 4 is 5.91 Å². The van der Waals surface area contributed by atoms with E-state index in [1.54, 1.807) is 4.90 Å². The van der Waals surface area contributed by atoms with Crippen LogP contribution in [0.5, 0.6) is 0 Å². The molecule has 2 rings (SSSR count). The highest BCUT2D eigenvalue weighted by atomic mass is 16.2. The van der Waals surface area contributed by atoms with Crippen LogP contribution in [-0.2, 0) is 0 Å². The summed E-state index contributed by atoms with van der Waals surface area (Å²) in [5.41, 5.74) is -1.24. The number of hydrogen-bond donors (Lipinski definition) is 2. The number of nitrogens with one attached hydrogen (secondary N) is 2. The molecule has 2 N–H and O–H groups in total. The molecule has 1 fully saturated rings. The number of nitrogens with zero attached hydrogens (tertiary/aromatic N) is 2. The summed E-state index contributed by atoms with van der Waals surface area (Å²) >= 11 is 0. The van der Waals surface area contributed by atoms with Gasteiger partial charge < -0.3 is 14.8 Å². The lowest BCUT2D eigenvalue weighted by Gasteiger charge is -2.37. The van der Waals surface area contributed by atoms with E-state index >= 15 is 0 Å². The molecule has 21 heavy (non-hydrogen) atoms. The maximum Gasteiger partial charge on any atom is 0.325 e. The van der Waals surface area contributed by atoms with Crippen molar-refractivity contribution in [2.75, 3.05) is 27.2 Å². The summed E-state index contributed by atoms with van der Waals surface area (Å²) in [6.45, 7) is 3.47. The average molecular weight is 294 g/mol. The third-order valence-corrected chi connectivity index (χ3v) is 4.37. The lowest BCUT2D eigenvalue weighted by Crippen LogP contribution is -2.45. The second-order valence-corrected chi connectivity index (χ2v) is 5.82. The number of piperidine rings is 1. The normalized spacial score (nSPS) is 18.0. The van der Waals surface area contributed by atoms with Gasteiger partial charge in [0.15, 0.2) is 0 Å². The smallest absolute Gasteiger partial charge is 0.325 e. The molecule has 1 amide bonds. The second kappa shape index (κ2) is 6.26. The fourth-order valence-corrected chi connectivity index (χ4v) is 2.75. The van der Waals surface area contributed by atoms with Crippen LogP contribution in [0.15, 0.2) is 15.8 Å². The van der Waals surface area contributed by atoms with Gasteiger partial charge in [0.1, 0.15) is 5.56 Å². The molecule has 0 saturated carbocycles. The minimum absolute atomic E-state index is 0.00583. The van der Waals surface area contributed by atoms with Gasteiger partial charge in [-0.1, -0.05) is 0 Å². The second-order valence-electron chi connectivity index (χ2n) is 5.82. The van der Waals surface area contributed by atoms with E-state index in [4.69, 9.17) is 0 Å². The van der Waals surface area contributed by atoms with Crippen LogP contribution >= 0.6 is 0 Å². The third-order valence-electron chi connectivity index (χ3n) is 4.37. The predicted molar refractivity (Wildman–Crippen MR) is 79.5 cm³/mol. The molecule has 0 aromatic carbocycles. The lowest BCUT2D eigenvalue weighted by molar-refractivity contribution is 0.0639.